The summed E-state index contributed by atoms with van der Waals surface area (Å²) in [5.74, 6) is -0.922. The lowest BCUT2D eigenvalue weighted by Gasteiger charge is -2.07. The van der Waals surface area contributed by atoms with Gasteiger partial charge in [0.15, 0.2) is 0 Å². The Morgan fingerprint density at radius 3 is 2.75 bits per heavy atom. The maximum Gasteiger partial charge on any atom is 0.262 e. The van der Waals surface area contributed by atoms with E-state index in [2.05, 4.69) is 10.3 Å². The molecule has 0 fully saturated rings. The summed E-state index contributed by atoms with van der Waals surface area (Å²) in [6.45, 7) is -0.575. The molecule has 0 bridgehead atoms. The molecule has 0 saturated heterocycles. The fourth-order valence-electron chi connectivity index (χ4n) is 1.74. The number of pyridine rings is 1. The molecule has 106 valence electrons. The van der Waals surface area contributed by atoms with Gasteiger partial charge in [-0.25, -0.2) is 10.5 Å². The van der Waals surface area contributed by atoms with E-state index in [9.17, 15) is 14.7 Å². The van der Waals surface area contributed by atoms with Crippen LogP contribution in [0.3, 0.4) is 0 Å². The fraction of sp³-hybridized carbons (Fsp3) is 0.182. The number of aliphatic hydroxyl groups is 1. The second-order valence-electron chi connectivity index (χ2n) is 3.96. The quantitative estimate of drug-likeness (QED) is 0.345. The summed E-state index contributed by atoms with van der Waals surface area (Å²) in [7, 11) is 0. The zero-order chi connectivity index (χ0) is 14.7. The number of amides is 2. The number of hydrogen-bond acceptors (Lipinski definition) is 6. The molecule has 0 spiro atoms. The maximum absolute atomic E-state index is 11.2. The van der Waals surface area contributed by atoms with Crippen LogP contribution in [0.2, 0.25) is 0 Å². The molecule has 2 aromatic heterocycles. The molecule has 2 amide bonds. The Bertz CT molecular complexity index is 666. The van der Waals surface area contributed by atoms with E-state index >= 15 is 0 Å². The molecule has 2 heterocycles. The zero-order valence-corrected chi connectivity index (χ0v) is 10.3. The number of nitrogens with two attached hydrogens (primary N) is 1. The average molecular weight is 279 g/mol. The first-order valence-electron chi connectivity index (χ1n) is 5.65. The van der Waals surface area contributed by atoms with Crippen LogP contribution < -0.4 is 16.5 Å². The SMILES string of the molecule is NC(=O)c1ccc2nc(CO)c(NCC(=O)NO)n2c1. The Kier molecular flexibility index (Phi) is 3.82. The molecule has 6 N–H and O–H groups in total. The number of nitrogens with zero attached hydrogens (tertiary/aromatic N) is 2. The number of hydrogen-bond donors (Lipinski definition) is 5. The maximum atomic E-state index is 11.2. The number of rotatable bonds is 5. The fourth-order valence-corrected chi connectivity index (χ4v) is 1.74. The van der Waals surface area contributed by atoms with Crippen LogP contribution in [0.5, 0.6) is 0 Å². The van der Waals surface area contributed by atoms with E-state index < -0.39 is 11.8 Å². The normalized spacial score (nSPS) is 10.5. The number of carbonyl (C=O) groups is 2. The topological polar surface area (TPSA) is 142 Å². The van der Waals surface area contributed by atoms with Crippen molar-refractivity contribution in [3.8, 4) is 0 Å². The first-order chi connectivity index (χ1) is 9.56. The van der Waals surface area contributed by atoms with Gasteiger partial charge in [0.1, 0.15) is 17.2 Å². The van der Waals surface area contributed by atoms with E-state index in [1.165, 1.54) is 22.1 Å². The van der Waals surface area contributed by atoms with E-state index in [4.69, 9.17) is 10.9 Å². The van der Waals surface area contributed by atoms with Gasteiger partial charge in [-0.1, -0.05) is 0 Å². The summed E-state index contributed by atoms with van der Waals surface area (Å²) >= 11 is 0. The first-order valence-corrected chi connectivity index (χ1v) is 5.65. The highest BCUT2D eigenvalue weighted by molar-refractivity contribution is 5.93. The van der Waals surface area contributed by atoms with Crippen molar-refractivity contribution in [3.05, 3.63) is 29.6 Å². The predicted molar refractivity (Wildman–Crippen MR) is 68.1 cm³/mol. The van der Waals surface area contributed by atoms with E-state index in [0.717, 1.165) is 0 Å². The molecule has 0 aromatic carbocycles. The number of aliphatic hydroxyl groups excluding tert-OH is 1. The number of imidazole rings is 1. The Hall–Kier alpha value is -2.65. The molecule has 0 aliphatic carbocycles. The van der Waals surface area contributed by atoms with E-state index in [0.29, 0.717) is 17.2 Å². The minimum absolute atomic E-state index is 0.224. The van der Waals surface area contributed by atoms with Crippen LogP contribution in [0.1, 0.15) is 16.1 Å². The van der Waals surface area contributed by atoms with Crippen LogP contribution in [-0.4, -0.2) is 38.1 Å². The molecule has 0 radical (unpaired) electrons. The van der Waals surface area contributed by atoms with Gasteiger partial charge in [0.2, 0.25) is 5.91 Å². The highest BCUT2D eigenvalue weighted by Gasteiger charge is 2.13. The summed E-state index contributed by atoms with van der Waals surface area (Å²) in [5.41, 5.74) is 7.71. The van der Waals surface area contributed by atoms with Gasteiger partial charge in [0.05, 0.1) is 18.7 Å². The van der Waals surface area contributed by atoms with E-state index in [1.54, 1.807) is 6.07 Å². The van der Waals surface area contributed by atoms with Crippen LogP contribution in [0, 0.1) is 0 Å². The highest BCUT2D eigenvalue weighted by Crippen LogP contribution is 2.19. The summed E-state index contributed by atoms with van der Waals surface area (Å²) in [4.78, 5) is 26.3. The molecule has 0 atom stereocenters. The molecule has 0 unspecified atom stereocenters. The minimum atomic E-state index is -0.658. The Balaban J connectivity index is 2.45. The lowest BCUT2D eigenvalue weighted by atomic mass is 10.3. The Labute approximate surface area is 113 Å². The van der Waals surface area contributed by atoms with Crippen molar-refractivity contribution in [1.82, 2.24) is 14.9 Å². The number of hydroxylamine groups is 1. The molecule has 2 rings (SSSR count). The number of carbonyl (C=O) groups excluding carboxylic acids is 2. The minimum Gasteiger partial charge on any atom is -0.390 e. The van der Waals surface area contributed by atoms with Gasteiger partial charge in [-0.3, -0.25) is 19.2 Å². The van der Waals surface area contributed by atoms with Crippen molar-refractivity contribution >= 4 is 23.3 Å². The van der Waals surface area contributed by atoms with Crippen molar-refractivity contribution < 1.29 is 19.9 Å². The molecular formula is C11H13N5O4. The molecule has 0 aliphatic rings. The largest absolute Gasteiger partial charge is 0.390 e. The van der Waals surface area contributed by atoms with Gasteiger partial charge >= 0.3 is 0 Å². The number of aromatic nitrogens is 2. The lowest BCUT2D eigenvalue weighted by molar-refractivity contribution is -0.127. The molecule has 9 nitrogen and oxygen atoms in total. The monoisotopic (exact) mass is 279 g/mol. The predicted octanol–water partition coefficient (Wildman–Crippen LogP) is -1.16. The van der Waals surface area contributed by atoms with Gasteiger partial charge in [0.25, 0.3) is 5.91 Å². The average Bonchev–Trinajstić information content (AvgIpc) is 2.81. The summed E-state index contributed by atoms with van der Waals surface area (Å²) in [5, 5.41) is 20.4. The first kappa shape index (κ1) is 13.8. The van der Waals surface area contributed by atoms with E-state index in [1.807, 2.05) is 0 Å². The number of fused-ring (bicyclic) bond motifs is 1. The standard InChI is InChI=1S/C11H13N5O4/c12-10(19)6-1-2-8-14-7(5-17)11(16(8)4-6)13-3-9(18)15-20/h1-2,4,13,17,20H,3,5H2,(H2,12,19)(H,15,18). The molecule has 2 aromatic rings. The van der Waals surface area contributed by atoms with Gasteiger partial charge in [0, 0.05) is 6.20 Å². The smallest absolute Gasteiger partial charge is 0.262 e. The number of primary amides is 1. The van der Waals surface area contributed by atoms with E-state index in [-0.39, 0.29) is 18.7 Å². The molecule has 20 heavy (non-hydrogen) atoms. The summed E-state index contributed by atoms with van der Waals surface area (Å²) in [6.07, 6.45) is 1.45. The van der Waals surface area contributed by atoms with Crippen molar-refractivity contribution in [1.29, 1.82) is 0 Å². The Morgan fingerprint density at radius 1 is 1.40 bits per heavy atom. The molecule has 9 heteroatoms. The van der Waals surface area contributed by atoms with Crippen LogP contribution in [-0.2, 0) is 11.4 Å². The highest BCUT2D eigenvalue weighted by atomic mass is 16.5. The third kappa shape index (κ3) is 2.53. The molecular weight excluding hydrogens is 266 g/mol. The van der Waals surface area contributed by atoms with Crippen molar-refractivity contribution in [2.75, 3.05) is 11.9 Å². The van der Waals surface area contributed by atoms with Gasteiger partial charge in [-0.05, 0) is 12.1 Å². The van der Waals surface area contributed by atoms with Crippen LogP contribution >= 0.6 is 0 Å². The molecule has 0 aliphatic heterocycles. The zero-order valence-electron chi connectivity index (χ0n) is 10.3. The number of anilines is 1. The second-order valence-corrected chi connectivity index (χ2v) is 3.96. The van der Waals surface area contributed by atoms with Crippen LogP contribution in [0.25, 0.3) is 5.65 Å². The third-order valence-electron chi connectivity index (χ3n) is 2.67. The van der Waals surface area contributed by atoms with Gasteiger partial charge in [-0.2, -0.15) is 0 Å². The van der Waals surface area contributed by atoms with Crippen LogP contribution in [0.15, 0.2) is 18.3 Å². The summed E-state index contributed by atoms with van der Waals surface area (Å²) in [6, 6.07) is 3.08. The van der Waals surface area contributed by atoms with Crippen molar-refractivity contribution in [2.45, 2.75) is 6.61 Å². The lowest BCUT2D eigenvalue weighted by Crippen LogP contribution is -2.27. The Morgan fingerprint density at radius 2 is 2.15 bits per heavy atom. The third-order valence-corrected chi connectivity index (χ3v) is 2.67. The van der Waals surface area contributed by atoms with Crippen molar-refractivity contribution in [3.63, 3.8) is 0 Å². The number of nitrogens with one attached hydrogen (secondary N) is 2. The molecule has 0 saturated carbocycles. The van der Waals surface area contributed by atoms with Crippen LogP contribution in [0.4, 0.5) is 5.82 Å². The van der Waals surface area contributed by atoms with Gasteiger partial charge < -0.3 is 16.2 Å². The second kappa shape index (κ2) is 5.55. The summed E-state index contributed by atoms with van der Waals surface area (Å²) < 4.78 is 1.50. The van der Waals surface area contributed by atoms with Gasteiger partial charge in [-0.15, -0.1) is 0 Å². The van der Waals surface area contributed by atoms with Crippen molar-refractivity contribution in [2.24, 2.45) is 5.73 Å².